The summed E-state index contributed by atoms with van der Waals surface area (Å²) in [5, 5.41) is 0. The highest BCUT2D eigenvalue weighted by atomic mass is 32.2. The summed E-state index contributed by atoms with van der Waals surface area (Å²) in [5.74, 6) is 0. The molecule has 0 aliphatic carbocycles. The summed E-state index contributed by atoms with van der Waals surface area (Å²) in [7, 11) is -3.64. The molecule has 0 amide bonds. The highest BCUT2D eigenvalue weighted by molar-refractivity contribution is 7.92. The smallest absolute Gasteiger partial charge is 0.261 e. The monoisotopic (exact) mass is 377 g/mol. The number of hydrogen-bond donors (Lipinski definition) is 1. The van der Waals surface area contributed by atoms with Crippen LogP contribution in [0.1, 0.15) is 11.1 Å². The molecule has 2 heterocycles. The van der Waals surface area contributed by atoms with E-state index in [4.69, 9.17) is 0 Å². The van der Waals surface area contributed by atoms with E-state index in [9.17, 15) is 8.42 Å². The minimum absolute atomic E-state index is 0.238. The number of anilines is 1. The predicted molar refractivity (Wildman–Crippen MR) is 107 cm³/mol. The third-order valence-corrected chi connectivity index (χ3v) is 5.82. The van der Waals surface area contributed by atoms with E-state index in [1.807, 2.05) is 54.9 Å². The summed E-state index contributed by atoms with van der Waals surface area (Å²) in [6.07, 6.45) is 3.89. The van der Waals surface area contributed by atoms with E-state index in [0.717, 1.165) is 28.0 Å². The number of fused-ring (bicyclic) bond motifs is 1. The summed E-state index contributed by atoms with van der Waals surface area (Å²) in [6, 6.07) is 18.0. The number of rotatable bonds is 4. The van der Waals surface area contributed by atoms with Crippen molar-refractivity contribution in [3.8, 4) is 11.3 Å². The highest BCUT2D eigenvalue weighted by Gasteiger charge is 2.14. The van der Waals surface area contributed by atoms with E-state index in [2.05, 4.69) is 9.71 Å². The number of nitrogens with one attached hydrogen (secondary N) is 1. The Labute approximate surface area is 158 Å². The molecule has 4 aromatic rings. The average Bonchev–Trinajstić information content (AvgIpc) is 3.08. The van der Waals surface area contributed by atoms with E-state index in [-0.39, 0.29) is 4.90 Å². The Morgan fingerprint density at radius 3 is 2.48 bits per heavy atom. The van der Waals surface area contributed by atoms with Crippen LogP contribution in [-0.4, -0.2) is 17.8 Å². The number of aryl methyl sites for hydroxylation is 2. The standard InChI is InChI=1S/C21H19N3O2S/c1-15-8-10-19(11-9-15)27(25,26)23-18-7-3-6-17(13-18)20-14-24-12-4-5-16(2)21(24)22-20/h3-14,23H,1-2H3. The number of nitrogens with zero attached hydrogens (tertiary/aromatic N) is 2. The molecule has 0 aliphatic heterocycles. The van der Waals surface area contributed by atoms with Gasteiger partial charge in [0, 0.05) is 23.6 Å². The molecular formula is C21H19N3O2S. The molecule has 0 atom stereocenters. The van der Waals surface area contributed by atoms with Crippen LogP contribution in [0.15, 0.2) is 78.0 Å². The van der Waals surface area contributed by atoms with Gasteiger partial charge in [0.1, 0.15) is 5.65 Å². The summed E-state index contributed by atoms with van der Waals surface area (Å²) in [6.45, 7) is 3.93. The Hall–Kier alpha value is -3.12. The number of pyridine rings is 1. The molecular weight excluding hydrogens is 358 g/mol. The Morgan fingerprint density at radius 2 is 1.74 bits per heavy atom. The Bertz CT molecular complexity index is 1230. The normalized spacial score (nSPS) is 11.6. The van der Waals surface area contributed by atoms with E-state index >= 15 is 0 Å². The second-order valence-electron chi connectivity index (χ2n) is 6.55. The van der Waals surface area contributed by atoms with Crippen LogP contribution in [-0.2, 0) is 10.0 Å². The van der Waals surface area contributed by atoms with Crippen LogP contribution in [0.2, 0.25) is 0 Å². The first-order valence-electron chi connectivity index (χ1n) is 8.57. The zero-order valence-corrected chi connectivity index (χ0v) is 15.9. The minimum Gasteiger partial charge on any atom is -0.306 e. The lowest BCUT2D eigenvalue weighted by atomic mass is 10.1. The van der Waals surface area contributed by atoms with Gasteiger partial charge in [-0.25, -0.2) is 13.4 Å². The van der Waals surface area contributed by atoms with Crippen molar-refractivity contribution >= 4 is 21.4 Å². The van der Waals surface area contributed by atoms with Crippen LogP contribution in [0.25, 0.3) is 16.9 Å². The minimum atomic E-state index is -3.64. The molecule has 4 rings (SSSR count). The Balaban J connectivity index is 1.67. The summed E-state index contributed by atoms with van der Waals surface area (Å²) >= 11 is 0. The van der Waals surface area contributed by atoms with Crippen molar-refractivity contribution < 1.29 is 8.42 Å². The van der Waals surface area contributed by atoms with Gasteiger partial charge in [-0.1, -0.05) is 35.9 Å². The first-order chi connectivity index (χ1) is 12.9. The molecule has 0 saturated carbocycles. The molecule has 0 unspecified atom stereocenters. The van der Waals surface area contributed by atoms with Gasteiger partial charge in [-0.3, -0.25) is 4.72 Å². The zero-order chi connectivity index (χ0) is 19.0. The maximum atomic E-state index is 12.6. The predicted octanol–water partition coefficient (Wildman–Crippen LogP) is 4.42. The topological polar surface area (TPSA) is 63.5 Å². The van der Waals surface area contributed by atoms with Gasteiger partial charge < -0.3 is 4.40 Å². The second-order valence-corrected chi connectivity index (χ2v) is 8.23. The molecule has 0 fully saturated rings. The van der Waals surface area contributed by atoms with Crippen molar-refractivity contribution in [3.05, 3.63) is 84.2 Å². The number of aromatic nitrogens is 2. The molecule has 5 nitrogen and oxygen atoms in total. The molecule has 136 valence electrons. The number of hydrogen-bond acceptors (Lipinski definition) is 3. The largest absolute Gasteiger partial charge is 0.306 e. The van der Waals surface area contributed by atoms with E-state index in [0.29, 0.717) is 5.69 Å². The van der Waals surface area contributed by atoms with Crippen molar-refractivity contribution in [1.82, 2.24) is 9.38 Å². The van der Waals surface area contributed by atoms with Crippen LogP contribution < -0.4 is 4.72 Å². The highest BCUT2D eigenvalue weighted by Crippen LogP contribution is 2.25. The molecule has 2 aromatic heterocycles. The van der Waals surface area contributed by atoms with Gasteiger partial charge in [0.25, 0.3) is 10.0 Å². The zero-order valence-electron chi connectivity index (χ0n) is 15.0. The van der Waals surface area contributed by atoms with Gasteiger partial charge in [0.15, 0.2) is 0 Å². The lowest BCUT2D eigenvalue weighted by Crippen LogP contribution is -2.12. The lowest BCUT2D eigenvalue weighted by molar-refractivity contribution is 0.601. The fraction of sp³-hybridized carbons (Fsp3) is 0.0952. The third kappa shape index (κ3) is 3.44. The van der Waals surface area contributed by atoms with Crippen LogP contribution in [0.4, 0.5) is 5.69 Å². The van der Waals surface area contributed by atoms with Crippen molar-refractivity contribution in [3.63, 3.8) is 0 Å². The van der Waals surface area contributed by atoms with Crippen LogP contribution >= 0.6 is 0 Å². The molecule has 0 saturated heterocycles. The maximum absolute atomic E-state index is 12.6. The second kappa shape index (κ2) is 6.55. The SMILES string of the molecule is Cc1ccc(S(=O)(=O)Nc2cccc(-c3cn4cccc(C)c4n3)c2)cc1. The quantitative estimate of drug-likeness (QED) is 0.573. The maximum Gasteiger partial charge on any atom is 0.261 e. The Morgan fingerprint density at radius 1 is 0.963 bits per heavy atom. The van der Waals surface area contributed by atoms with E-state index in [1.165, 1.54) is 0 Å². The first-order valence-corrected chi connectivity index (χ1v) is 10.0. The fourth-order valence-corrected chi connectivity index (χ4v) is 4.02. The summed E-state index contributed by atoms with van der Waals surface area (Å²) in [5.41, 5.74) is 5.13. The summed E-state index contributed by atoms with van der Waals surface area (Å²) in [4.78, 5) is 4.91. The fourth-order valence-electron chi connectivity index (χ4n) is 2.97. The number of imidazole rings is 1. The van der Waals surface area contributed by atoms with Crippen molar-refractivity contribution in [1.29, 1.82) is 0 Å². The first kappa shape index (κ1) is 17.3. The van der Waals surface area contributed by atoms with Crippen molar-refractivity contribution in [2.24, 2.45) is 0 Å². The van der Waals surface area contributed by atoms with Gasteiger partial charge in [0.2, 0.25) is 0 Å². The van der Waals surface area contributed by atoms with Gasteiger partial charge in [0.05, 0.1) is 10.6 Å². The van der Waals surface area contributed by atoms with Crippen molar-refractivity contribution in [2.75, 3.05) is 4.72 Å². The Kier molecular flexibility index (Phi) is 4.20. The van der Waals surface area contributed by atoms with Gasteiger partial charge in [-0.05, 0) is 49.7 Å². The molecule has 27 heavy (non-hydrogen) atoms. The van der Waals surface area contributed by atoms with Crippen LogP contribution in [0.3, 0.4) is 0 Å². The molecule has 6 heteroatoms. The van der Waals surface area contributed by atoms with Crippen LogP contribution in [0.5, 0.6) is 0 Å². The summed E-state index contributed by atoms with van der Waals surface area (Å²) < 4.78 is 29.8. The van der Waals surface area contributed by atoms with E-state index in [1.54, 1.807) is 36.4 Å². The van der Waals surface area contributed by atoms with Gasteiger partial charge >= 0.3 is 0 Å². The number of benzene rings is 2. The molecule has 0 radical (unpaired) electrons. The molecule has 1 N–H and O–H groups in total. The molecule has 2 aromatic carbocycles. The molecule has 0 bridgehead atoms. The molecule has 0 aliphatic rings. The van der Waals surface area contributed by atoms with Gasteiger partial charge in [-0.2, -0.15) is 0 Å². The molecule has 0 spiro atoms. The average molecular weight is 377 g/mol. The lowest BCUT2D eigenvalue weighted by Gasteiger charge is -2.09. The van der Waals surface area contributed by atoms with Gasteiger partial charge in [-0.15, -0.1) is 0 Å². The van der Waals surface area contributed by atoms with Crippen LogP contribution in [0, 0.1) is 13.8 Å². The van der Waals surface area contributed by atoms with Crippen molar-refractivity contribution in [2.45, 2.75) is 18.7 Å². The number of sulfonamides is 1. The van der Waals surface area contributed by atoms with E-state index < -0.39 is 10.0 Å². The third-order valence-electron chi connectivity index (χ3n) is 4.42.